The van der Waals surface area contributed by atoms with E-state index in [0.29, 0.717) is 5.41 Å². The van der Waals surface area contributed by atoms with E-state index < -0.39 is 0 Å². The summed E-state index contributed by atoms with van der Waals surface area (Å²) >= 11 is 0. The predicted molar refractivity (Wildman–Crippen MR) is 70.1 cm³/mol. The second-order valence-electron chi connectivity index (χ2n) is 5.17. The molecule has 1 aliphatic carbocycles. The van der Waals surface area contributed by atoms with Gasteiger partial charge in [0.2, 0.25) is 0 Å². The van der Waals surface area contributed by atoms with Crippen LogP contribution in [0.5, 0.6) is 0 Å². The summed E-state index contributed by atoms with van der Waals surface area (Å²) in [5.41, 5.74) is 6.33. The van der Waals surface area contributed by atoms with Crippen molar-refractivity contribution in [3.8, 4) is 0 Å². The summed E-state index contributed by atoms with van der Waals surface area (Å²) in [7, 11) is 3.51. The minimum Gasteiger partial charge on any atom is -0.383 e. The number of rotatable bonds is 9. The maximum Gasteiger partial charge on any atom is 0.0589 e. The molecule has 2 N–H and O–H groups in total. The van der Waals surface area contributed by atoms with Crippen LogP contribution in [0.25, 0.3) is 0 Å². The van der Waals surface area contributed by atoms with Crippen molar-refractivity contribution in [2.24, 2.45) is 11.1 Å². The van der Waals surface area contributed by atoms with Gasteiger partial charge in [-0.15, -0.1) is 0 Å². The van der Waals surface area contributed by atoms with E-state index in [1.165, 1.54) is 25.7 Å². The van der Waals surface area contributed by atoms with E-state index in [1.54, 1.807) is 14.2 Å². The van der Waals surface area contributed by atoms with Crippen LogP contribution in [0.3, 0.4) is 0 Å². The lowest BCUT2D eigenvalue weighted by atomic mass is 9.85. The number of hydrogen-bond donors (Lipinski definition) is 1. The summed E-state index contributed by atoms with van der Waals surface area (Å²) in [5, 5.41) is 0. The molecule has 102 valence electrons. The normalized spacial score (nSPS) is 19.1. The van der Waals surface area contributed by atoms with Gasteiger partial charge in [0.25, 0.3) is 0 Å². The fourth-order valence-electron chi connectivity index (χ4n) is 2.74. The molecule has 0 saturated heterocycles. The Labute approximate surface area is 105 Å². The molecule has 0 aromatic heterocycles. The number of methoxy groups -OCH3 is 2. The first-order chi connectivity index (χ1) is 8.26. The summed E-state index contributed by atoms with van der Waals surface area (Å²) < 4.78 is 10.3. The van der Waals surface area contributed by atoms with Crippen molar-refractivity contribution in [2.45, 2.75) is 25.7 Å². The average Bonchev–Trinajstić information content (AvgIpc) is 2.82. The van der Waals surface area contributed by atoms with Crippen LogP contribution < -0.4 is 5.73 Å². The lowest BCUT2D eigenvalue weighted by Crippen LogP contribution is -2.43. The number of ether oxygens (including phenoxy) is 2. The summed E-state index contributed by atoms with van der Waals surface area (Å²) in [4.78, 5) is 2.44. The molecule has 0 atom stereocenters. The highest BCUT2D eigenvalue weighted by atomic mass is 16.5. The smallest absolute Gasteiger partial charge is 0.0589 e. The molecule has 0 radical (unpaired) electrons. The SMILES string of the molecule is COCCN(CCOC)CC1(CN)CCCC1. The fraction of sp³-hybridized carbons (Fsp3) is 1.00. The van der Waals surface area contributed by atoms with Crippen LogP contribution in [0.2, 0.25) is 0 Å². The van der Waals surface area contributed by atoms with Gasteiger partial charge in [-0.05, 0) is 24.8 Å². The molecular formula is C13H28N2O2. The maximum atomic E-state index is 5.99. The Morgan fingerprint density at radius 2 is 1.59 bits per heavy atom. The molecule has 1 rings (SSSR count). The Balaban J connectivity index is 2.44. The van der Waals surface area contributed by atoms with Crippen LogP contribution in [0, 0.1) is 5.41 Å². The van der Waals surface area contributed by atoms with Gasteiger partial charge >= 0.3 is 0 Å². The van der Waals surface area contributed by atoms with Gasteiger partial charge < -0.3 is 15.2 Å². The molecule has 0 amide bonds. The second-order valence-corrected chi connectivity index (χ2v) is 5.17. The van der Waals surface area contributed by atoms with Crippen LogP contribution in [0.4, 0.5) is 0 Å². The minimum absolute atomic E-state index is 0.349. The molecular weight excluding hydrogens is 216 g/mol. The van der Waals surface area contributed by atoms with Crippen molar-refractivity contribution in [3.05, 3.63) is 0 Å². The highest BCUT2D eigenvalue weighted by molar-refractivity contribution is 4.88. The monoisotopic (exact) mass is 244 g/mol. The van der Waals surface area contributed by atoms with Gasteiger partial charge in [-0.3, -0.25) is 4.90 Å². The summed E-state index contributed by atoms with van der Waals surface area (Å²) in [6, 6.07) is 0. The van der Waals surface area contributed by atoms with E-state index >= 15 is 0 Å². The second kappa shape index (κ2) is 8.03. The Hall–Kier alpha value is -0.160. The molecule has 1 fully saturated rings. The molecule has 17 heavy (non-hydrogen) atoms. The number of nitrogens with zero attached hydrogens (tertiary/aromatic N) is 1. The van der Waals surface area contributed by atoms with E-state index in [4.69, 9.17) is 15.2 Å². The summed E-state index contributed by atoms with van der Waals surface area (Å²) in [6.07, 6.45) is 5.22. The van der Waals surface area contributed by atoms with Crippen molar-refractivity contribution >= 4 is 0 Å². The van der Waals surface area contributed by atoms with Crippen molar-refractivity contribution in [1.29, 1.82) is 0 Å². The van der Waals surface area contributed by atoms with Gasteiger partial charge in [-0.25, -0.2) is 0 Å². The Kier molecular flexibility index (Phi) is 7.04. The van der Waals surface area contributed by atoms with Crippen molar-refractivity contribution in [2.75, 3.05) is 53.6 Å². The zero-order chi connectivity index (χ0) is 12.6. The fourth-order valence-corrected chi connectivity index (χ4v) is 2.74. The topological polar surface area (TPSA) is 47.7 Å². The first-order valence-electron chi connectivity index (χ1n) is 6.66. The molecule has 0 bridgehead atoms. The van der Waals surface area contributed by atoms with E-state index in [2.05, 4.69) is 4.90 Å². The third-order valence-electron chi connectivity index (χ3n) is 3.88. The van der Waals surface area contributed by atoms with Gasteiger partial charge in [-0.2, -0.15) is 0 Å². The van der Waals surface area contributed by atoms with Gasteiger partial charge in [0.15, 0.2) is 0 Å². The van der Waals surface area contributed by atoms with E-state index in [-0.39, 0.29) is 0 Å². The van der Waals surface area contributed by atoms with E-state index in [0.717, 1.165) is 39.4 Å². The summed E-state index contributed by atoms with van der Waals surface area (Å²) in [5.74, 6) is 0. The standard InChI is InChI=1S/C13H28N2O2/c1-16-9-7-15(8-10-17-2)12-13(11-14)5-3-4-6-13/h3-12,14H2,1-2H3. The van der Waals surface area contributed by atoms with Crippen LogP contribution in [-0.4, -0.2) is 58.5 Å². The first kappa shape index (κ1) is 14.9. The highest BCUT2D eigenvalue weighted by Crippen LogP contribution is 2.37. The average molecular weight is 244 g/mol. The molecule has 1 aliphatic rings. The molecule has 0 unspecified atom stereocenters. The molecule has 1 saturated carbocycles. The van der Waals surface area contributed by atoms with E-state index in [1.807, 2.05) is 0 Å². The van der Waals surface area contributed by atoms with Gasteiger partial charge in [0.05, 0.1) is 13.2 Å². The van der Waals surface area contributed by atoms with Gasteiger partial charge in [0, 0.05) is 33.9 Å². The first-order valence-corrected chi connectivity index (χ1v) is 6.66. The number of hydrogen-bond acceptors (Lipinski definition) is 4. The molecule has 4 heteroatoms. The van der Waals surface area contributed by atoms with Crippen LogP contribution in [-0.2, 0) is 9.47 Å². The predicted octanol–water partition coefficient (Wildman–Crippen LogP) is 1.10. The number of nitrogens with two attached hydrogens (primary N) is 1. The van der Waals surface area contributed by atoms with E-state index in [9.17, 15) is 0 Å². The lowest BCUT2D eigenvalue weighted by Gasteiger charge is -2.34. The third-order valence-corrected chi connectivity index (χ3v) is 3.88. The maximum absolute atomic E-state index is 5.99. The summed E-state index contributed by atoms with van der Waals surface area (Å²) in [6.45, 7) is 5.41. The third kappa shape index (κ3) is 4.92. The molecule has 0 aromatic carbocycles. The molecule has 0 spiro atoms. The van der Waals surface area contributed by atoms with Crippen LogP contribution in [0.15, 0.2) is 0 Å². The van der Waals surface area contributed by atoms with Crippen molar-refractivity contribution in [3.63, 3.8) is 0 Å². The van der Waals surface area contributed by atoms with Crippen molar-refractivity contribution < 1.29 is 9.47 Å². The zero-order valence-electron chi connectivity index (χ0n) is 11.4. The largest absolute Gasteiger partial charge is 0.383 e. The minimum atomic E-state index is 0.349. The Morgan fingerprint density at radius 1 is 1.06 bits per heavy atom. The molecule has 0 aromatic rings. The van der Waals surface area contributed by atoms with Crippen LogP contribution >= 0.6 is 0 Å². The van der Waals surface area contributed by atoms with Gasteiger partial charge in [-0.1, -0.05) is 12.8 Å². The highest BCUT2D eigenvalue weighted by Gasteiger charge is 2.33. The quantitative estimate of drug-likeness (QED) is 0.660. The van der Waals surface area contributed by atoms with Crippen molar-refractivity contribution in [1.82, 2.24) is 4.90 Å². The molecule has 0 heterocycles. The lowest BCUT2D eigenvalue weighted by molar-refractivity contribution is 0.0825. The van der Waals surface area contributed by atoms with Crippen LogP contribution in [0.1, 0.15) is 25.7 Å². The zero-order valence-corrected chi connectivity index (χ0v) is 11.4. The van der Waals surface area contributed by atoms with Gasteiger partial charge in [0.1, 0.15) is 0 Å². The molecule has 4 nitrogen and oxygen atoms in total. The Morgan fingerprint density at radius 3 is 2.00 bits per heavy atom. The molecule has 0 aliphatic heterocycles. The Bertz CT molecular complexity index is 186.